The highest BCUT2D eigenvalue weighted by molar-refractivity contribution is 7.93. The Morgan fingerprint density at radius 1 is 1.07 bits per heavy atom. The van der Waals surface area contributed by atoms with Gasteiger partial charge >= 0.3 is 0 Å². The third-order valence-electron chi connectivity index (χ3n) is 4.76. The van der Waals surface area contributed by atoms with E-state index in [-0.39, 0.29) is 12.0 Å². The molecule has 2 aromatic carbocycles. The first kappa shape index (κ1) is 21.1. The quantitative estimate of drug-likeness (QED) is 0.753. The molecule has 8 heteroatoms. The molecule has 1 aliphatic rings. The van der Waals surface area contributed by atoms with E-state index in [0.29, 0.717) is 23.5 Å². The number of amides is 1. The Morgan fingerprint density at radius 3 is 2.28 bits per heavy atom. The molecule has 29 heavy (non-hydrogen) atoms. The molecule has 0 unspecified atom stereocenters. The largest absolute Gasteiger partial charge is 0.375 e. The number of morpholine rings is 1. The number of rotatable bonds is 6. The van der Waals surface area contributed by atoms with Crippen LogP contribution < -0.4 is 14.9 Å². The van der Waals surface area contributed by atoms with Crippen LogP contribution in [-0.4, -0.2) is 45.4 Å². The summed E-state index contributed by atoms with van der Waals surface area (Å²) in [5, 5.41) is 2.33. The molecule has 1 heterocycles. The summed E-state index contributed by atoms with van der Waals surface area (Å²) in [5.41, 5.74) is 2.67. The molecule has 0 saturated carbocycles. The second-order valence-electron chi connectivity index (χ2n) is 7.40. The van der Waals surface area contributed by atoms with Crippen molar-refractivity contribution >= 4 is 33.0 Å². The lowest BCUT2D eigenvalue weighted by Crippen LogP contribution is -2.41. The monoisotopic (exact) mass is 417 g/mol. The summed E-state index contributed by atoms with van der Waals surface area (Å²) in [6.45, 7) is 7.68. The van der Waals surface area contributed by atoms with Crippen LogP contribution >= 0.6 is 0 Å². The van der Waals surface area contributed by atoms with Crippen molar-refractivity contribution < 1.29 is 17.9 Å². The van der Waals surface area contributed by atoms with E-state index >= 15 is 0 Å². The van der Waals surface area contributed by atoms with E-state index in [1.54, 1.807) is 38.1 Å². The summed E-state index contributed by atoms with van der Waals surface area (Å²) in [5.74, 6) is -0.254. The van der Waals surface area contributed by atoms with Crippen molar-refractivity contribution in [2.75, 3.05) is 34.6 Å². The van der Waals surface area contributed by atoms with Gasteiger partial charge < -0.3 is 15.0 Å². The van der Waals surface area contributed by atoms with Gasteiger partial charge in [-0.1, -0.05) is 0 Å². The van der Waals surface area contributed by atoms with Gasteiger partial charge in [-0.15, -0.1) is 0 Å². The van der Waals surface area contributed by atoms with E-state index in [2.05, 4.69) is 21.9 Å². The summed E-state index contributed by atoms with van der Waals surface area (Å²) in [7, 11) is -3.41. The van der Waals surface area contributed by atoms with Crippen molar-refractivity contribution in [3.05, 3.63) is 54.1 Å². The predicted octanol–water partition coefficient (Wildman–Crippen LogP) is 3.31. The van der Waals surface area contributed by atoms with Gasteiger partial charge in [-0.2, -0.15) is 0 Å². The van der Waals surface area contributed by atoms with Gasteiger partial charge in [-0.05, 0) is 69.3 Å². The first-order chi connectivity index (χ1) is 13.7. The van der Waals surface area contributed by atoms with Crippen LogP contribution in [-0.2, 0) is 14.8 Å². The maximum absolute atomic E-state index is 12.5. The van der Waals surface area contributed by atoms with Gasteiger partial charge in [0.05, 0.1) is 18.0 Å². The molecule has 3 rings (SSSR count). The summed E-state index contributed by atoms with van der Waals surface area (Å²) < 4.78 is 31.9. The van der Waals surface area contributed by atoms with E-state index in [1.165, 1.54) is 0 Å². The SMILES string of the molecule is CC(C)S(=O)(=O)Nc1ccc(C(=O)Nc2ccc(N3CCO[C@H](C)C3)cc2)cc1. The highest BCUT2D eigenvalue weighted by atomic mass is 32.2. The topological polar surface area (TPSA) is 87.7 Å². The van der Waals surface area contributed by atoms with E-state index < -0.39 is 15.3 Å². The number of nitrogens with zero attached hydrogens (tertiary/aromatic N) is 1. The third kappa shape index (κ3) is 5.48. The Bertz CT molecular complexity index is 941. The van der Waals surface area contributed by atoms with Crippen molar-refractivity contribution in [3.63, 3.8) is 0 Å². The molecule has 0 aliphatic carbocycles. The summed E-state index contributed by atoms with van der Waals surface area (Å²) >= 11 is 0. The number of benzene rings is 2. The van der Waals surface area contributed by atoms with Crippen LogP contribution in [0.3, 0.4) is 0 Å². The number of anilines is 3. The molecule has 1 atom stereocenters. The van der Waals surface area contributed by atoms with Crippen LogP contribution in [0.5, 0.6) is 0 Å². The molecular formula is C21H27N3O4S. The molecule has 0 bridgehead atoms. The number of nitrogens with one attached hydrogen (secondary N) is 2. The Balaban J connectivity index is 1.61. The Kier molecular flexibility index (Phi) is 6.44. The minimum absolute atomic E-state index is 0.205. The van der Waals surface area contributed by atoms with Crippen molar-refractivity contribution in [3.8, 4) is 0 Å². The van der Waals surface area contributed by atoms with E-state index in [4.69, 9.17) is 4.74 Å². The standard InChI is InChI=1S/C21H27N3O4S/c1-15(2)29(26,27)23-19-6-4-17(5-7-19)21(25)22-18-8-10-20(11-9-18)24-12-13-28-16(3)14-24/h4-11,15-16,23H,12-14H2,1-3H3,(H,22,25)/t16-/m1/s1. The minimum Gasteiger partial charge on any atom is -0.375 e. The molecule has 0 radical (unpaired) electrons. The number of sulfonamides is 1. The fourth-order valence-electron chi connectivity index (χ4n) is 2.98. The first-order valence-electron chi connectivity index (χ1n) is 9.64. The fraction of sp³-hybridized carbons (Fsp3) is 0.381. The third-order valence-corrected chi connectivity index (χ3v) is 6.52. The molecule has 2 aromatic rings. The average molecular weight is 418 g/mol. The molecule has 1 amide bonds. The van der Waals surface area contributed by atoms with Gasteiger partial charge in [0.15, 0.2) is 0 Å². The van der Waals surface area contributed by atoms with Gasteiger partial charge in [0.25, 0.3) is 5.91 Å². The molecule has 1 fully saturated rings. The molecule has 156 valence electrons. The van der Waals surface area contributed by atoms with Crippen molar-refractivity contribution in [1.29, 1.82) is 0 Å². The Morgan fingerprint density at radius 2 is 1.69 bits per heavy atom. The zero-order valence-electron chi connectivity index (χ0n) is 16.9. The van der Waals surface area contributed by atoms with Crippen LogP contribution in [0.25, 0.3) is 0 Å². The number of carbonyl (C=O) groups is 1. The van der Waals surface area contributed by atoms with Gasteiger partial charge in [-0.3, -0.25) is 9.52 Å². The number of ether oxygens (including phenoxy) is 1. The van der Waals surface area contributed by atoms with E-state index in [9.17, 15) is 13.2 Å². The van der Waals surface area contributed by atoms with E-state index in [1.807, 2.05) is 24.3 Å². The van der Waals surface area contributed by atoms with E-state index in [0.717, 1.165) is 18.8 Å². The maximum Gasteiger partial charge on any atom is 0.255 e. The minimum atomic E-state index is -3.41. The molecule has 2 N–H and O–H groups in total. The number of carbonyl (C=O) groups excluding carboxylic acids is 1. The van der Waals surface area contributed by atoms with Crippen LogP contribution in [0.1, 0.15) is 31.1 Å². The van der Waals surface area contributed by atoms with Gasteiger partial charge in [0, 0.05) is 35.7 Å². The van der Waals surface area contributed by atoms with Crippen molar-refractivity contribution in [1.82, 2.24) is 0 Å². The second-order valence-corrected chi connectivity index (χ2v) is 9.64. The van der Waals surface area contributed by atoms with Gasteiger partial charge in [0.2, 0.25) is 10.0 Å². The molecule has 0 spiro atoms. The Hall–Kier alpha value is -2.58. The van der Waals surface area contributed by atoms with Gasteiger partial charge in [-0.25, -0.2) is 8.42 Å². The lowest BCUT2D eigenvalue weighted by molar-refractivity contribution is 0.0532. The number of hydrogen-bond donors (Lipinski definition) is 2. The molecule has 0 aromatic heterocycles. The summed E-state index contributed by atoms with van der Waals surface area (Å²) in [4.78, 5) is 14.7. The highest BCUT2D eigenvalue weighted by Gasteiger charge is 2.17. The van der Waals surface area contributed by atoms with Crippen LogP contribution in [0.15, 0.2) is 48.5 Å². The van der Waals surface area contributed by atoms with Crippen molar-refractivity contribution in [2.24, 2.45) is 0 Å². The molecular weight excluding hydrogens is 390 g/mol. The maximum atomic E-state index is 12.5. The summed E-state index contributed by atoms with van der Waals surface area (Å²) in [6, 6.07) is 14.1. The number of hydrogen-bond acceptors (Lipinski definition) is 5. The second kappa shape index (κ2) is 8.84. The van der Waals surface area contributed by atoms with Crippen LogP contribution in [0, 0.1) is 0 Å². The summed E-state index contributed by atoms with van der Waals surface area (Å²) in [6.07, 6.45) is 0.205. The predicted molar refractivity (Wildman–Crippen MR) is 116 cm³/mol. The zero-order chi connectivity index (χ0) is 21.0. The normalized spacial score (nSPS) is 17.2. The molecule has 7 nitrogen and oxygen atoms in total. The van der Waals surface area contributed by atoms with Crippen molar-refractivity contribution in [2.45, 2.75) is 32.1 Å². The van der Waals surface area contributed by atoms with Crippen LogP contribution in [0.4, 0.5) is 17.1 Å². The average Bonchev–Trinajstić information content (AvgIpc) is 2.68. The smallest absolute Gasteiger partial charge is 0.255 e. The van der Waals surface area contributed by atoms with Gasteiger partial charge in [0.1, 0.15) is 0 Å². The fourth-order valence-corrected chi connectivity index (χ4v) is 3.68. The van der Waals surface area contributed by atoms with Crippen LogP contribution in [0.2, 0.25) is 0 Å². The molecule has 1 aliphatic heterocycles. The zero-order valence-corrected chi connectivity index (χ0v) is 17.7. The first-order valence-corrected chi connectivity index (χ1v) is 11.2. The lowest BCUT2D eigenvalue weighted by atomic mass is 10.2. The highest BCUT2D eigenvalue weighted by Crippen LogP contribution is 2.21. The Labute approximate surface area is 172 Å². The molecule has 1 saturated heterocycles. The lowest BCUT2D eigenvalue weighted by Gasteiger charge is -2.33.